The normalized spacial score (nSPS) is 13.2. The van der Waals surface area contributed by atoms with Gasteiger partial charge in [0, 0.05) is 20.1 Å². The van der Waals surface area contributed by atoms with Crippen molar-refractivity contribution in [2.24, 2.45) is 0 Å². The molecule has 0 saturated heterocycles. The fourth-order valence-corrected chi connectivity index (χ4v) is 0.920. The van der Waals surface area contributed by atoms with Gasteiger partial charge in [-0.2, -0.15) is 13.2 Å². The largest absolute Gasteiger partial charge is 0.480 e. The van der Waals surface area contributed by atoms with Gasteiger partial charge in [0.15, 0.2) is 0 Å². The number of alkyl halides is 3. The Kier molecular flexibility index (Phi) is 5.79. The van der Waals surface area contributed by atoms with Crippen molar-refractivity contribution in [1.82, 2.24) is 5.32 Å². The van der Waals surface area contributed by atoms with Crippen LogP contribution in [0, 0.1) is 0 Å². The standard InChI is InChI=1S/C8H12F3NO4/c1-16-3-2-5(7(14)15)12-6(13)4-8(9,10)11/h5H,2-4H2,1H3,(H,12,13)(H,14,15). The lowest BCUT2D eigenvalue weighted by atomic mass is 10.2. The molecule has 0 bridgehead atoms. The van der Waals surface area contributed by atoms with Crippen molar-refractivity contribution in [1.29, 1.82) is 0 Å². The van der Waals surface area contributed by atoms with Crippen LogP contribution in [-0.4, -0.2) is 42.9 Å². The summed E-state index contributed by atoms with van der Waals surface area (Å²) in [5.74, 6) is -2.76. The summed E-state index contributed by atoms with van der Waals surface area (Å²) in [7, 11) is 1.32. The highest BCUT2D eigenvalue weighted by atomic mass is 19.4. The van der Waals surface area contributed by atoms with Gasteiger partial charge in [-0.1, -0.05) is 0 Å². The molecule has 1 atom stereocenters. The van der Waals surface area contributed by atoms with Crippen molar-refractivity contribution in [2.75, 3.05) is 13.7 Å². The van der Waals surface area contributed by atoms with Crippen LogP contribution in [0.5, 0.6) is 0 Å². The van der Waals surface area contributed by atoms with Gasteiger partial charge in [0.2, 0.25) is 5.91 Å². The molecule has 1 amide bonds. The molecule has 0 aliphatic heterocycles. The molecule has 0 aliphatic carbocycles. The van der Waals surface area contributed by atoms with E-state index >= 15 is 0 Å². The summed E-state index contributed by atoms with van der Waals surface area (Å²) in [4.78, 5) is 21.4. The second-order valence-electron chi connectivity index (χ2n) is 3.03. The van der Waals surface area contributed by atoms with Crippen LogP contribution in [0.2, 0.25) is 0 Å². The van der Waals surface area contributed by atoms with Gasteiger partial charge >= 0.3 is 12.1 Å². The highest BCUT2D eigenvalue weighted by molar-refractivity contribution is 5.83. The summed E-state index contributed by atoms with van der Waals surface area (Å²) in [5.41, 5.74) is 0. The number of halogens is 3. The first-order valence-corrected chi connectivity index (χ1v) is 4.34. The fourth-order valence-electron chi connectivity index (χ4n) is 0.920. The molecular weight excluding hydrogens is 231 g/mol. The summed E-state index contributed by atoms with van der Waals surface area (Å²) >= 11 is 0. The van der Waals surface area contributed by atoms with E-state index in [2.05, 4.69) is 4.74 Å². The van der Waals surface area contributed by atoms with E-state index in [9.17, 15) is 22.8 Å². The third-order valence-electron chi connectivity index (χ3n) is 1.60. The number of hydrogen-bond donors (Lipinski definition) is 2. The molecule has 2 N–H and O–H groups in total. The number of aliphatic carboxylic acids is 1. The van der Waals surface area contributed by atoms with Crippen molar-refractivity contribution in [3.8, 4) is 0 Å². The van der Waals surface area contributed by atoms with E-state index < -0.39 is 30.5 Å². The van der Waals surface area contributed by atoms with Crippen LogP contribution in [0.25, 0.3) is 0 Å². The van der Waals surface area contributed by atoms with E-state index in [1.165, 1.54) is 7.11 Å². The summed E-state index contributed by atoms with van der Waals surface area (Å²) in [5, 5.41) is 10.4. The number of methoxy groups -OCH3 is 1. The summed E-state index contributed by atoms with van der Waals surface area (Å²) in [6.45, 7) is 0.0310. The van der Waals surface area contributed by atoms with Crippen LogP contribution in [0.3, 0.4) is 0 Å². The molecule has 1 unspecified atom stereocenters. The zero-order valence-electron chi connectivity index (χ0n) is 8.50. The number of carbonyl (C=O) groups excluding carboxylic acids is 1. The Morgan fingerprint density at radius 3 is 2.38 bits per heavy atom. The maximum absolute atomic E-state index is 11.8. The number of nitrogens with one attached hydrogen (secondary N) is 1. The lowest BCUT2D eigenvalue weighted by Gasteiger charge is -2.14. The molecule has 0 saturated carbocycles. The topological polar surface area (TPSA) is 75.6 Å². The molecule has 0 aromatic rings. The Morgan fingerprint density at radius 1 is 1.44 bits per heavy atom. The van der Waals surface area contributed by atoms with Crippen LogP contribution in [0.4, 0.5) is 13.2 Å². The number of hydrogen-bond acceptors (Lipinski definition) is 3. The Balaban J connectivity index is 4.19. The van der Waals surface area contributed by atoms with Gasteiger partial charge in [-0.25, -0.2) is 4.79 Å². The number of ether oxygens (including phenoxy) is 1. The Labute approximate surface area is 89.6 Å². The molecule has 94 valence electrons. The van der Waals surface area contributed by atoms with Crippen LogP contribution in [0.15, 0.2) is 0 Å². The number of rotatable bonds is 6. The maximum atomic E-state index is 11.8. The second kappa shape index (κ2) is 6.31. The maximum Gasteiger partial charge on any atom is 0.397 e. The van der Waals surface area contributed by atoms with Crippen molar-refractivity contribution < 1.29 is 32.6 Å². The van der Waals surface area contributed by atoms with E-state index in [4.69, 9.17) is 5.11 Å². The van der Waals surface area contributed by atoms with E-state index in [-0.39, 0.29) is 13.0 Å². The lowest BCUT2D eigenvalue weighted by molar-refractivity contribution is -0.157. The molecular formula is C8H12F3NO4. The first-order valence-electron chi connectivity index (χ1n) is 4.34. The zero-order valence-corrected chi connectivity index (χ0v) is 8.50. The average molecular weight is 243 g/mol. The van der Waals surface area contributed by atoms with E-state index in [1.54, 1.807) is 5.32 Å². The van der Waals surface area contributed by atoms with Gasteiger partial charge in [0.25, 0.3) is 0 Å². The summed E-state index contributed by atoms with van der Waals surface area (Å²) in [6, 6.07) is -1.37. The lowest BCUT2D eigenvalue weighted by Crippen LogP contribution is -2.42. The third-order valence-corrected chi connectivity index (χ3v) is 1.60. The SMILES string of the molecule is COCCC(NC(=O)CC(F)(F)F)C(=O)O. The molecule has 0 rings (SSSR count). The smallest absolute Gasteiger partial charge is 0.397 e. The average Bonchev–Trinajstić information content (AvgIpc) is 2.08. The van der Waals surface area contributed by atoms with Crippen LogP contribution in [-0.2, 0) is 14.3 Å². The minimum atomic E-state index is -4.64. The van der Waals surface area contributed by atoms with Gasteiger partial charge < -0.3 is 15.2 Å². The van der Waals surface area contributed by atoms with Crippen molar-refractivity contribution >= 4 is 11.9 Å². The summed E-state index contributed by atoms with van der Waals surface area (Å²) < 4.78 is 39.9. The van der Waals surface area contributed by atoms with Gasteiger partial charge in [-0.05, 0) is 0 Å². The van der Waals surface area contributed by atoms with Gasteiger partial charge in [-0.15, -0.1) is 0 Å². The van der Waals surface area contributed by atoms with Crippen molar-refractivity contribution in [2.45, 2.75) is 25.1 Å². The second-order valence-corrected chi connectivity index (χ2v) is 3.03. The number of carboxylic acids is 1. The van der Waals surface area contributed by atoms with Gasteiger partial charge in [0.05, 0.1) is 0 Å². The Bertz CT molecular complexity index is 254. The predicted molar refractivity (Wildman–Crippen MR) is 46.7 cm³/mol. The predicted octanol–water partition coefficient (Wildman–Crippen LogP) is 0.545. The highest BCUT2D eigenvalue weighted by Gasteiger charge is 2.32. The minimum absolute atomic E-state index is 0.0310. The van der Waals surface area contributed by atoms with E-state index in [0.717, 1.165) is 0 Å². The first-order chi connectivity index (χ1) is 7.26. The van der Waals surface area contributed by atoms with E-state index in [1.807, 2.05) is 0 Å². The third kappa shape index (κ3) is 7.04. The fraction of sp³-hybridized carbons (Fsp3) is 0.750. The number of amides is 1. The summed E-state index contributed by atoms with van der Waals surface area (Å²) in [6.07, 6.45) is -6.42. The molecule has 0 aromatic carbocycles. The van der Waals surface area contributed by atoms with Gasteiger partial charge in [-0.3, -0.25) is 4.79 Å². The molecule has 0 heterocycles. The number of carbonyl (C=O) groups is 2. The van der Waals surface area contributed by atoms with Crippen LogP contribution >= 0.6 is 0 Å². The molecule has 0 aliphatic rings. The molecule has 16 heavy (non-hydrogen) atoms. The van der Waals surface area contributed by atoms with Crippen molar-refractivity contribution in [3.63, 3.8) is 0 Å². The molecule has 0 radical (unpaired) electrons. The Morgan fingerprint density at radius 2 is 2.00 bits per heavy atom. The van der Waals surface area contributed by atoms with Gasteiger partial charge in [0.1, 0.15) is 12.5 Å². The molecule has 8 heteroatoms. The van der Waals surface area contributed by atoms with Crippen molar-refractivity contribution in [3.05, 3.63) is 0 Å². The first kappa shape index (κ1) is 14.7. The quantitative estimate of drug-likeness (QED) is 0.714. The molecule has 5 nitrogen and oxygen atoms in total. The minimum Gasteiger partial charge on any atom is -0.480 e. The molecule has 0 fully saturated rings. The monoisotopic (exact) mass is 243 g/mol. The van der Waals surface area contributed by atoms with E-state index in [0.29, 0.717) is 0 Å². The molecule has 0 aromatic heterocycles. The highest BCUT2D eigenvalue weighted by Crippen LogP contribution is 2.19. The molecule has 0 spiro atoms. The van der Waals surface area contributed by atoms with Crippen LogP contribution in [0.1, 0.15) is 12.8 Å². The Hall–Kier alpha value is -1.31. The zero-order chi connectivity index (χ0) is 12.8. The van der Waals surface area contributed by atoms with Crippen LogP contribution < -0.4 is 5.32 Å². The number of carboxylic acid groups (broad SMARTS) is 1.